The summed E-state index contributed by atoms with van der Waals surface area (Å²) in [5.41, 5.74) is 4.72. The summed E-state index contributed by atoms with van der Waals surface area (Å²) >= 11 is 4.98. The number of alkyl halides is 3. The summed E-state index contributed by atoms with van der Waals surface area (Å²) in [5, 5.41) is 3.16. The van der Waals surface area contributed by atoms with Crippen LogP contribution in [0.15, 0.2) is 18.3 Å². The van der Waals surface area contributed by atoms with Crippen molar-refractivity contribution in [2.24, 2.45) is 0 Å². The topological polar surface area (TPSA) is 75.3 Å². The second-order valence-electron chi connectivity index (χ2n) is 5.57. The molecule has 0 aliphatic rings. The van der Waals surface area contributed by atoms with Crippen molar-refractivity contribution in [1.82, 2.24) is 21.2 Å². The van der Waals surface area contributed by atoms with Crippen molar-refractivity contribution in [1.29, 1.82) is 0 Å². The van der Waals surface area contributed by atoms with Gasteiger partial charge in [-0.15, -0.1) is 0 Å². The second kappa shape index (κ2) is 7.44. The standard InChI is InChI=1S/C13H17F3N4O2S/c1-12(2,3)18-11(23)20-19-10(21)8-4-5-9(17-6-8)22-7-13(14,15)16/h4-6H,7H2,1-3H3,(H,19,21)(H2,18,20,23). The average Bonchev–Trinajstić information content (AvgIpc) is 2.40. The Kier molecular flexibility index (Phi) is 6.13. The van der Waals surface area contributed by atoms with E-state index in [1.807, 2.05) is 20.8 Å². The molecular weight excluding hydrogens is 333 g/mol. The molecule has 0 bridgehead atoms. The van der Waals surface area contributed by atoms with E-state index in [9.17, 15) is 18.0 Å². The van der Waals surface area contributed by atoms with Crippen LogP contribution in [-0.2, 0) is 0 Å². The Morgan fingerprint density at radius 3 is 2.39 bits per heavy atom. The summed E-state index contributed by atoms with van der Waals surface area (Å²) < 4.78 is 40.4. The number of pyridine rings is 1. The van der Waals surface area contributed by atoms with Crippen LogP contribution in [0.4, 0.5) is 13.2 Å². The molecule has 0 aliphatic heterocycles. The van der Waals surface area contributed by atoms with Crippen LogP contribution < -0.4 is 20.9 Å². The molecule has 6 nitrogen and oxygen atoms in total. The van der Waals surface area contributed by atoms with Gasteiger partial charge >= 0.3 is 6.18 Å². The van der Waals surface area contributed by atoms with Crippen molar-refractivity contribution >= 4 is 23.2 Å². The quantitative estimate of drug-likeness (QED) is 0.571. The first-order chi connectivity index (χ1) is 10.5. The summed E-state index contributed by atoms with van der Waals surface area (Å²) in [6, 6.07) is 2.46. The van der Waals surface area contributed by atoms with Crippen molar-refractivity contribution in [3.63, 3.8) is 0 Å². The fraction of sp³-hybridized carbons (Fsp3) is 0.462. The molecule has 1 aromatic heterocycles. The molecule has 0 unspecified atom stereocenters. The molecule has 1 heterocycles. The molecule has 23 heavy (non-hydrogen) atoms. The highest BCUT2D eigenvalue weighted by atomic mass is 32.1. The third-order valence-corrected chi connectivity index (χ3v) is 2.36. The molecule has 0 aromatic carbocycles. The van der Waals surface area contributed by atoms with Crippen LogP contribution in [0.1, 0.15) is 31.1 Å². The summed E-state index contributed by atoms with van der Waals surface area (Å²) in [4.78, 5) is 15.5. The molecule has 3 N–H and O–H groups in total. The van der Waals surface area contributed by atoms with E-state index in [0.29, 0.717) is 0 Å². The number of hydrogen-bond donors (Lipinski definition) is 3. The first-order valence-corrected chi connectivity index (χ1v) is 6.91. The highest BCUT2D eigenvalue weighted by Gasteiger charge is 2.28. The molecule has 128 valence electrons. The van der Waals surface area contributed by atoms with E-state index in [2.05, 4.69) is 25.9 Å². The normalized spacial score (nSPS) is 11.6. The van der Waals surface area contributed by atoms with Gasteiger partial charge in [0.2, 0.25) is 5.88 Å². The van der Waals surface area contributed by atoms with E-state index in [1.54, 1.807) is 0 Å². The molecule has 1 amide bonds. The molecular formula is C13H17F3N4O2S. The van der Waals surface area contributed by atoms with Gasteiger partial charge in [-0.05, 0) is 39.1 Å². The number of nitrogens with one attached hydrogen (secondary N) is 3. The zero-order valence-electron chi connectivity index (χ0n) is 12.7. The van der Waals surface area contributed by atoms with E-state index in [4.69, 9.17) is 12.2 Å². The van der Waals surface area contributed by atoms with Gasteiger partial charge in [-0.25, -0.2) is 4.98 Å². The molecule has 0 spiro atoms. The Morgan fingerprint density at radius 2 is 1.91 bits per heavy atom. The number of halogens is 3. The predicted molar refractivity (Wildman–Crippen MR) is 81.9 cm³/mol. The van der Waals surface area contributed by atoms with E-state index in [0.717, 1.165) is 6.20 Å². The molecule has 1 aromatic rings. The number of amides is 1. The summed E-state index contributed by atoms with van der Waals surface area (Å²) in [6.07, 6.45) is -3.35. The van der Waals surface area contributed by atoms with Gasteiger partial charge in [0.05, 0.1) is 5.56 Å². The van der Waals surface area contributed by atoms with E-state index in [1.165, 1.54) is 12.1 Å². The Bertz CT molecular complexity index is 556. The largest absolute Gasteiger partial charge is 0.468 e. The lowest BCUT2D eigenvalue weighted by atomic mass is 10.1. The van der Waals surface area contributed by atoms with Gasteiger partial charge in [0.1, 0.15) is 0 Å². The fourth-order valence-corrected chi connectivity index (χ4v) is 1.67. The maximum Gasteiger partial charge on any atom is 0.422 e. The van der Waals surface area contributed by atoms with Crippen molar-refractivity contribution in [2.75, 3.05) is 6.61 Å². The zero-order chi connectivity index (χ0) is 17.7. The summed E-state index contributed by atoms with van der Waals surface area (Å²) in [5.74, 6) is -0.769. The minimum absolute atomic E-state index is 0.135. The van der Waals surface area contributed by atoms with Gasteiger partial charge in [0.25, 0.3) is 5.91 Å². The molecule has 0 saturated carbocycles. The number of nitrogens with zero attached hydrogens (tertiary/aromatic N) is 1. The fourth-order valence-electron chi connectivity index (χ4n) is 1.31. The van der Waals surface area contributed by atoms with Crippen LogP contribution in [0.3, 0.4) is 0 Å². The first-order valence-electron chi connectivity index (χ1n) is 6.50. The third kappa shape index (κ3) is 8.19. The monoisotopic (exact) mass is 350 g/mol. The molecule has 0 atom stereocenters. The Morgan fingerprint density at radius 1 is 1.26 bits per heavy atom. The number of aromatic nitrogens is 1. The van der Waals surface area contributed by atoms with Gasteiger partial charge < -0.3 is 10.1 Å². The zero-order valence-corrected chi connectivity index (χ0v) is 13.6. The first kappa shape index (κ1) is 18.9. The van der Waals surface area contributed by atoms with Crippen molar-refractivity contribution in [2.45, 2.75) is 32.5 Å². The van der Waals surface area contributed by atoms with Gasteiger partial charge in [-0.3, -0.25) is 15.6 Å². The minimum atomic E-state index is -4.45. The second-order valence-corrected chi connectivity index (χ2v) is 5.98. The van der Waals surface area contributed by atoms with E-state index in [-0.39, 0.29) is 22.1 Å². The highest BCUT2D eigenvalue weighted by Crippen LogP contribution is 2.16. The van der Waals surface area contributed by atoms with Crippen LogP contribution in [-0.4, -0.2) is 34.3 Å². The molecule has 0 fully saturated rings. The van der Waals surface area contributed by atoms with Crippen LogP contribution in [0.5, 0.6) is 5.88 Å². The number of thiocarbonyl (C=S) groups is 1. The van der Waals surface area contributed by atoms with Gasteiger partial charge in [0, 0.05) is 17.8 Å². The minimum Gasteiger partial charge on any atom is -0.468 e. The number of rotatable bonds is 3. The number of carbonyl (C=O) groups is 1. The van der Waals surface area contributed by atoms with Crippen LogP contribution in [0.25, 0.3) is 0 Å². The number of hydrogen-bond acceptors (Lipinski definition) is 4. The predicted octanol–water partition coefficient (Wildman–Crippen LogP) is 1.93. The number of hydrazine groups is 1. The van der Waals surface area contributed by atoms with Gasteiger partial charge in [0.15, 0.2) is 11.7 Å². The lowest BCUT2D eigenvalue weighted by Crippen LogP contribution is -2.52. The smallest absolute Gasteiger partial charge is 0.422 e. The Hall–Kier alpha value is -2.10. The lowest BCUT2D eigenvalue weighted by Gasteiger charge is -2.23. The van der Waals surface area contributed by atoms with Crippen LogP contribution >= 0.6 is 12.2 Å². The Balaban J connectivity index is 2.50. The van der Waals surface area contributed by atoms with Gasteiger partial charge in [-0.2, -0.15) is 13.2 Å². The highest BCUT2D eigenvalue weighted by molar-refractivity contribution is 7.80. The third-order valence-electron chi connectivity index (χ3n) is 2.16. The molecule has 0 saturated heterocycles. The van der Waals surface area contributed by atoms with Crippen molar-refractivity contribution < 1.29 is 22.7 Å². The Labute approximate surface area is 136 Å². The van der Waals surface area contributed by atoms with Gasteiger partial charge in [-0.1, -0.05) is 0 Å². The van der Waals surface area contributed by atoms with E-state index >= 15 is 0 Å². The average molecular weight is 350 g/mol. The summed E-state index contributed by atoms with van der Waals surface area (Å²) in [6.45, 7) is 4.24. The number of carbonyl (C=O) groups excluding carboxylic acids is 1. The van der Waals surface area contributed by atoms with Crippen molar-refractivity contribution in [3.8, 4) is 5.88 Å². The van der Waals surface area contributed by atoms with E-state index < -0.39 is 18.7 Å². The molecule has 0 radical (unpaired) electrons. The molecule has 0 aliphatic carbocycles. The van der Waals surface area contributed by atoms with Crippen LogP contribution in [0, 0.1) is 0 Å². The molecule has 1 rings (SSSR count). The number of ether oxygens (including phenoxy) is 1. The summed E-state index contributed by atoms with van der Waals surface area (Å²) in [7, 11) is 0. The van der Waals surface area contributed by atoms with Crippen LogP contribution in [0.2, 0.25) is 0 Å². The molecule has 10 heteroatoms. The SMILES string of the molecule is CC(C)(C)NC(=S)NNC(=O)c1ccc(OCC(F)(F)F)nc1. The maximum absolute atomic E-state index is 12.0. The maximum atomic E-state index is 12.0. The lowest BCUT2D eigenvalue weighted by molar-refractivity contribution is -0.154. The van der Waals surface area contributed by atoms with Crippen molar-refractivity contribution in [3.05, 3.63) is 23.9 Å².